The van der Waals surface area contributed by atoms with E-state index in [0.29, 0.717) is 18.4 Å². The molecule has 0 aromatic heterocycles. The molecule has 3 aliphatic rings. The molecule has 3 N–H and O–H groups in total. The van der Waals surface area contributed by atoms with E-state index in [1.807, 2.05) is 4.90 Å². The molecule has 6 rings (SSSR count). The van der Waals surface area contributed by atoms with E-state index in [0.717, 1.165) is 31.6 Å². The van der Waals surface area contributed by atoms with E-state index < -0.39 is 6.09 Å². The van der Waals surface area contributed by atoms with Gasteiger partial charge >= 0.3 is 6.09 Å². The Morgan fingerprint density at radius 2 is 1.41 bits per heavy atom. The number of hydrogen-bond donors (Lipinski definition) is 3. The molecule has 2 amide bonds. The van der Waals surface area contributed by atoms with Gasteiger partial charge in [0, 0.05) is 37.1 Å². The molecule has 3 aromatic rings. The molecule has 1 heterocycles. The molecule has 1 saturated carbocycles. The molecular weight excluding hydrogens is 512 g/mol. The van der Waals surface area contributed by atoms with Gasteiger partial charge in [-0.1, -0.05) is 36.4 Å². The van der Waals surface area contributed by atoms with Crippen LogP contribution in [-0.4, -0.2) is 56.2 Å². The summed E-state index contributed by atoms with van der Waals surface area (Å²) in [5.74, 6) is 1.25. The van der Waals surface area contributed by atoms with Crippen LogP contribution in [0.5, 0.6) is 0 Å². The second-order valence-corrected chi connectivity index (χ2v) is 11.5. The van der Waals surface area contributed by atoms with Crippen LogP contribution in [-0.2, 0) is 9.53 Å². The number of methoxy groups -OCH3 is 1. The van der Waals surface area contributed by atoms with Crippen molar-refractivity contribution in [3.8, 4) is 22.3 Å². The molecule has 7 nitrogen and oxygen atoms in total. The minimum atomic E-state index is -0.584. The lowest BCUT2D eigenvalue weighted by molar-refractivity contribution is -0.130. The van der Waals surface area contributed by atoms with Crippen molar-refractivity contribution in [1.29, 1.82) is 0 Å². The highest BCUT2D eigenvalue weighted by Gasteiger charge is 2.40. The van der Waals surface area contributed by atoms with Crippen molar-refractivity contribution in [2.24, 2.45) is 0 Å². The third-order valence-electron chi connectivity index (χ3n) is 9.12. The van der Waals surface area contributed by atoms with Crippen molar-refractivity contribution < 1.29 is 14.3 Å². The zero-order valence-corrected chi connectivity index (χ0v) is 24.0. The predicted molar refractivity (Wildman–Crippen MR) is 164 cm³/mol. The fraction of sp³-hybridized carbons (Fsp3) is 0.412. The third kappa shape index (κ3) is 5.50. The Kier molecular flexibility index (Phi) is 7.86. The van der Waals surface area contributed by atoms with Gasteiger partial charge < -0.3 is 25.6 Å². The maximum Gasteiger partial charge on any atom is 0.407 e. The van der Waals surface area contributed by atoms with Gasteiger partial charge in [-0.15, -0.1) is 0 Å². The quantitative estimate of drug-likeness (QED) is 0.280. The zero-order chi connectivity index (χ0) is 28.3. The Morgan fingerprint density at radius 1 is 0.829 bits per heavy atom. The van der Waals surface area contributed by atoms with Gasteiger partial charge in [0.1, 0.15) is 6.54 Å². The Balaban J connectivity index is 1.16. The van der Waals surface area contributed by atoms with E-state index >= 15 is 0 Å². The van der Waals surface area contributed by atoms with Gasteiger partial charge in [0.25, 0.3) is 0 Å². The topological polar surface area (TPSA) is 82.7 Å². The minimum absolute atomic E-state index is 0.0375. The standard InChI is InChI=1S/C34H40N4O3/c1-3-35-26-12-8-22(9-13-26)29-16-17-30(33-25-7-6-24(19-25)32(29)33)23-10-14-27(15-11-23)36-20-28-5-4-18-38(28)31(39)21-37-34(40)41-2/h8-17,24-25,28,35-36H,3-7,18-21H2,1-2H3,(H,37,40)/t24?,25?,28-/m0/s1. The number of alkyl carbamates (subject to hydrolysis) is 1. The lowest BCUT2D eigenvalue weighted by Gasteiger charge is -2.25. The summed E-state index contributed by atoms with van der Waals surface area (Å²) >= 11 is 0. The van der Waals surface area contributed by atoms with Crippen LogP contribution in [0.1, 0.15) is 62.0 Å². The first-order chi connectivity index (χ1) is 20.1. The van der Waals surface area contributed by atoms with Crippen LogP contribution >= 0.6 is 0 Å². The van der Waals surface area contributed by atoms with Gasteiger partial charge in [-0.3, -0.25) is 4.79 Å². The molecule has 3 aromatic carbocycles. The summed E-state index contributed by atoms with van der Waals surface area (Å²) in [6.45, 7) is 4.42. The number of carbonyl (C=O) groups excluding carboxylic acids is 2. The molecule has 214 valence electrons. The Labute approximate surface area is 242 Å². The van der Waals surface area contributed by atoms with Gasteiger partial charge in [-0.2, -0.15) is 0 Å². The molecule has 0 spiro atoms. The number of nitrogens with one attached hydrogen (secondary N) is 3. The van der Waals surface area contributed by atoms with E-state index in [9.17, 15) is 9.59 Å². The van der Waals surface area contributed by atoms with Crippen molar-refractivity contribution in [3.63, 3.8) is 0 Å². The zero-order valence-electron chi connectivity index (χ0n) is 24.0. The van der Waals surface area contributed by atoms with Crippen LogP contribution < -0.4 is 16.0 Å². The Morgan fingerprint density at radius 3 is 1.98 bits per heavy atom. The number of carbonyl (C=O) groups is 2. The molecule has 2 bridgehead atoms. The Hall–Kier alpha value is -4.00. The molecular formula is C34H40N4O3. The van der Waals surface area contributed by atoms with Gasteiger partial charge in [0.05, 0.1) is 7.11 Å². The van der Waals surface area contributed by atoms with E-state index in [1.54, 1.807) is 11.1 Å². The van der Waals surface area contributed by atoms with E-state index in [1.165, 1.54) is 54.3 Å². The first kappa shape index (κ1) is 27.2. The number of rotatable bonds is 9. The first-order valence-electron chi connectivity index (χ1n) is 15.0. The van der Waals surface area contributed by atoms with Crippen molar-refractivity contribution in [2.45, 2.75) is 56.9 Å². The summed E-state index contributed by atoms with van der Waals surface area (Å²) in [5, 5.41) is 9.44. The third-order valence-corrected chi connectivity index (χ3v) is 9.12. The summed E-state index contributed by atoms with van der Waals surface area (Å²) in [4.78, 5) is 25.8. The van der Waals surface area contributed by atoms with Gasteiger partial charge in [-0.25, -0.2) is 4.79 Å². The predicted octanol–water partition coefficient (Wildman–Crippen LogP) is 6.58. The number of nitrogens with zero attached hydrogens (tertiary/aromatic N) is 1. The second kappa shape index (κ2) is 11.9. The lowest BCUT2D eigenvalue weighted by Crippen LogP contribution is -2.44. The van der Waals surface area contributed by atoms with Crippen molar-refractivity contribution >= 4 is 23.4 Å². The molecule has 41 heavy (non-hydrogen) atoms. The molecule has 2 unspecified atom stereocenters. The van der Waals surface area contributed by atoms with Crippen LogP contribution in [0.25, 0.3) is 22.3 Å². The van der Waals surface area contributed by atoms with E-state index in [2.05, 4.69) is 88.3 Å². The van der Waals surface area contributed by atoms with Crippen LogP contribution in [0.15, 0.2) is 60.7 Å². The number of anilines is 2. The highest BCUT2D eigenvalue weighted by Crippen LogP contribution is 2.58. The summed E-state index contributed by atoms with van der Waals surface area (Å²) in [6, 6.07) is 22.5. The second-order valence-electron chi connectivity index (χ2n) is 11.5. The maximum atomic E-state index is 12.6. The monoisotopic (exact) mass is 552 g/mol. The van der Waals surface area contributed by atoms with Gasteiger partial charge in [-0.05, 0) is 109 Å². The smallest absolute Gasteiger partial charge is 0.407 e. The normalized spacial score (nSPS) is 20.5. The van der Waals surface area contributed by atoms with Crippen molar-refractivity contribution in [1.82, 2.24) is 10.2 Å². The van der Waals surface area contributed by atoms with Crippen molar-refractivity contribution in [3.05, 3.63) is 71.8 Å². The molecule has 1 saturated heterocycles. The van der Waals surface area contributed by atoms with Crippen LogP contribution in [0.4, 0.5) is 16.2 Å². The summed E-state index contributed by atoms with van der Waals surface area (Å²) < 4.78 is 4.58. The fourth-order valence-electron chi connectivity index (χ4n) is 7.20. The fourth-order valence-corrected chi connectivity index (χ4v) is 7.20. The van der Waals surface area contributed by atoms with Crippen LogP contribution in [0.2, 0.25) is 0 Å². The average molecular weight is 553 g/mol. The number of benzene rings is 3. The van der Waals surface area contributed by atoms with Crippen LogP contribution in [0, 0.1) is 0 Å². The number of fused-ring (bicyclic) bond motifs is 5. The summed E-state index contributed by atoms with van der Waals surface area (Å²) in [7, 11) is 1.30. The summed E-state index contributed by atoms with van der Waals surface area (Å²) in [5.41, 5.74) is 10.7. The first-order valence-corrected chi connectivity index (χ1v) is 15.0. The minimum Gasteiger partial charge on any atom is -0.453 e. The maximum absolute atomic E-state index is 12.6. The van der Waals surface area contributed by atoms with Crippen molar-refractivity contribution in [2.75, 3.05) is 43.9 Å². The van der Waals surface area contributed by atoms with E-state index in [4.69, 9.17) is 0 Å². The molecule has 7 heteroatoms. The number of ether oxygens (including phenoxy) is 1. The molecule has 3 atom stereocenters. The highest BCUT2D eigenvalue weighted by atomic mass is 16.5. The van der Waals surface area contributed by atoms with E-state index in [-0.39, 0.29) is 18.5 Å². The summed E-state index contributed by atoms with van der Waals surface area (Å²) in [6.07, 6.45) is 5.20. The molecule has 1 aliphatic heterocycles. The SMILES string of the molecule is CCNc1ccc(-c2ccc(-c3ccc(NC[C@@H]4CCCN4C(=O)CNC(=O)OC)cc3)c3c2C2CCC3C2)cc1. The van der Waals surface area contributed by atoms with Crippen LogP contribution in [0.3, 0.4) is 0 Å². The average Bonchev–Trinajstić information content (AvgIpc) is 3.77. The lowest BCUT2D eigenvalue weighted by atomic mass is 9.81. The van der Waals surface area contributed by atoms with Gasteiger partial charge in [0.2, 0.25) is 5.91 Å². The number of hydrogen-bond acceptors (Lipinski definition) is 5. The molecule has 2 aliphatic carbocycles. The highest BCUT2D eigenvalue weighted by molar-refractivity contribution is 5.83. The molecule has 0 radical (unpaired) electrons. The largest absolute Gasteiger partial charge is 0.453 e. The molecule has 2 fully saturated rings. The van der Waals surface area contributed by atoms with Gasteiger partial charge in [0.15, 0.2) is 0 Å². The number of likely N-dealkylation sites (tertiary alicyclic amines) is 1. The Bertz CT molecular complexity index is 1400. The number of amides is 2.